The van der Waals surface area contributed by atoms with Crippen LogP contribution in [0.1, 0.15) is 70.6 Å². The van der Waals surface area contributed by atoms with Gasteiger partial charge >= 0.3 is 0 Å². The van der Waals surface area contributed by atoms with Crippen LogP contribution in [0.15, 0.2) is 0 Å². The van der Waals surface area contributed by atoms with E-state index in [1.807, 2.05) is 4.90 Å². The van der Waals surface area contributed by atoms with Crippen molar-refractivity contribution in [1.82, 2.24) is 4.90 Å². The third-order valence-electron chi connectivity index (χ3n) is 4.84. The number of nitrogens with zero attached hydrogens (tertiary/aromatic N) is 1. The molecule has 2 aliphatic rings. The predicted molar refractivity (Wildman–Crippen MR) is 76.9 cm³/mol. The van der Waals surface area contributed by atoms with E-state index in [1.54, 1.807) is 0 Å². The monoisotopic (exact) mass is 267 g/mol. The van der Waals surface area contributed by atoms with Gasteiger partial charge in [-0.3, -0.25) is 4.79 Å². The topological polar surface area (TPSA) is 40.5 Å². The van der Waals surface area contributed by atoms with E-state index in [0.29, 0.717) is 18.5 Å². The Bertz CT molecular complexity index is 266. The van der Waals surface area contributed by atoms with Gasteiger partial charge in [0.1, 0.15) is 0 Å². The second kappa shape index (κ2) is 7.88. The standard InChI is InChI=1S/C16H29NO2/c18-13-12-17(15-10-6-3-7-11-15)16(19)14-8-4-1-2-5-9-14/h14-15,18H,1-13H2. The number of carbonyl (C=O) groups is 1. The van der Waals surface area contributed by atoms with Crippen molar-refractivity contribution in [1.29, 1.82) is 0 Å². The summed E-state index contributed by atoms with van der Waals surface area (Å²) < 4.78 is 0. The van der Waals surface area contributed by atoms with Crippen molar-refractivity contribution < 1.29 is 9.90 Å². The fraction of sp³-hybridized carbons (Fsp3) is 0.938. The average molecular weight is 267 g/mol. The normalized spacial score (nSPS) is 23.0. The fourth-order valence-electron chi connectivity index (χ4n) is 3.73. The second-order valence-electron chi connectivity index (χ2n) is 6.24. The number of hydrogen-bond donors (Lipinski definition) is 1. The first-order chi connectivity index (χ1) is 9.33. The molecule has 19 heavy (non-hydrogen) atoms. The summed E-state index contributed by atoms with van der Waals surface area (Å²) in [4.78, 5) is 14.8. The third kappa shape index (κ3) is 4.20. The van der Waals surface area contributed by atoms with E-state index in [9.17, 15) is 9.90 Å². The molecule has 1 N–H and O–H groups in total. The van der Waals surface area contributed by atoms with Crippen molar-refractivity contribution in [2.24, 2.45) is 5.92 Å². The molecule has 0 aromatic rings. The highest BCUT2D eigenvalue weighted by Crippen LogP contribution is 2.28. The van der Waals surface area contributed by atoms with E-state index >= 15 is 0 Å². The molecule has 0 spiro atoms. The quantitative estimate of drug-likeness (QED) is 0.795. The van der Waals surface area contributed by atoms with Gasteiger partial charge in [0, 0.05) is 18.5 Å². The number of carbonyl (C=O) groups excluding carboxylic acids is 1. The summed E-state index contributed by atoms with van der Waals surface area (Å²) in [5.74, 6) is 0.568. The molecule has 2 aliphatic carbocycles. The zero-order valence-corrected chi connectivity index (χ0v) is 12.1. The Kier molecular flexibility index (Phi) is 6.15. The highest BCUT2D eigenvalue weighted by atomic mass is 16.3. The second-order valence-corrected chi connectivity index (χ2v) is 6.24. The highest BCUT2D eigenvalue weighted by Gasteiger charge is 2.30. The largest absolute Gasteiger partial charge is 0.395 e. The van der Waals surface area contributed by atoms with E-state index in [-0.39, 0.29) is 12.5 Å². The molecule has 0 saturated heterocycles. The molecule has 0 heterocycles. The smallest absolute Gasteiger partial charge is 0.226 e. The summed E-state index contributed by atoms with van der Waals surface area (Å²) in [5, 5.41) is 9.28. The van der Waals surface area contributed by atoms with E-state index < -0.39 is 0 Å². The molecule has 0 aromatic carbocycles. The molecule has 0 radical (unpaired) electrons. The van der Waals surface area contributed by atoms with Crippen LogP contribution in [0.5, 0.6) is 0 Å². The molecule has 1 amide bonds. The molecular weight excluding hydrogens is 238 g/mol. The van der Waals surface area contributed by atoms with Crippen molar-refractivity contribution in [3.63, 3.8) is 0 Å². The molecule has 0 aromatic heterocycles. The molecular formula is C16H29NO2. The van der Waals surface area contributed by atoms with Gasteiger partial charge in [-0.1, -0.05) is 44.9 Å². The Morgan fingerprint density at radius 3 is 2.00 bits per heavy atom. The summed E-state index contributed by atoms with van der Waals surface area (Å²) in [5.41, 5.74) is 0. The van der Waals surface area contributed by atoms with Crippen molar-refractivity contribution in [2.75, 3.05) is 13.2 Å². The minimum absolute atomic E-state index is 0.106. The molecule has 3 heteroatoms. The van der Waals surface area contributed by atoms with Crippen LogP contribution in [0, 0.1) is 5.92 Å². The summed E-state index contributed by atoms with van der Waals surface area (Å²) in [6.45, 7) is 0.648. The zero-order chi connectivity index (χ0) is 13.5. The van der Waals surface area contributed by atoms with Gasteiger partial charge in [-0.25, -0.2) is 0 Å². The van der Waals surface area contributed by atoms with E-state index in [1.165, 1.54) is 44.9 Å². The number of rotatable bonds is 4. The maximum absolute atomic E-state index is 12.8. The Morgan fingerprint density at radius 2 is 1.42 bits per heavy atom. The summed E-state index contributed by atoms with van der Waals surface area (Å²) in [7, 11) is 0. The maximum atomic E-state index is 12.8. The molecule has 3 nitrogen and oxygen atoms in total. The van der Waals surface area contributed by atoms with Crippen LogP contribution in [0.3, 0.4) is 0 Å². The van der Waals surface area contributed by atoms with Crippen LogP contribution in [-0.4, -0.2) is 35.1 Å². The molecule has 0 bridgehead atoms. The lowest BCUT2D eigenvalue weighted by molar-refractivity contribution is -0.139. The maximum Gasteiger partial charge on any atom is 0.226 e. The minimum Gasteiger partial charge on any atom is -0.395 e. The Hall–Kier alpha value is -0.570. The van der Waals surface area contributed by atoms with Gasteiger partial charge in [-0.05, 0) is 25.7 Å². The SMILES string of the molecule is O=C(C1CCCCCC1)N(CCO)C1CCCCC1. The van der Waals surface area contributed by atoms with Gasteiger partial charge < -0.3 is 10.0 Å². The van der Waals surface area contributed by atoms with Crippen LogP contribution in [0.4, 0.5) is 0 Å². The average Bonchev–Trinajstić information content (AvgIpc) is 2.74. The van der Waals surface area contributed by atoms with Crippen LogP contribution in [0.25, 0.3) is 0 Å². The molecule has 0 atom stereocenters. The minimum atomic E-state index is 0.106. The van der Waals surface area contributed by atoms with Crippen molar-refractivity contribution in [3.05, 3.63) is 0 Å². The first kappa shape index (κ1) is 14.8. The lowest BCUT2D eigenvalue weighted by Gasteiger charge is -2.36. The van der Waals surface area contributed by atoms with Gasteiger partial charge in [-0.15, -0.1) is 0 Å². The molecule has 110 valence electrons. The number of hydrogen-bond acceptors (Lipinski definition) is 2. The number of aliphatic hydroxyl groups excluding tert-OH is 1. The van der Waals surface area contributed by atoms with Crippen molar-refractivity contribution >= 4 is 5.91 Å². The van der Waals surface area contributed by atoms with Crippen LogP contribution < -0.4 is 0 Å². The highest BCUT2D eigenvalue weighted by molar-refractivity contribution is 5.79. The molecule has 0 unspecified atom stereocenters. The van der Waals surface area contributed by atoms with Gasteiger partial charge in [-0.2, -0.15) is 0 Å². The molecule has 2 fully saturated rings. The van der Waals surface area contributed by atoms with Gasteiger partial charge in [0.05, 0.1) is 6.61 Å². The Balaban J connectivity index is 1.97. The van der Waals surface area contributed by atoms with Crippen LogP contribution in [-0.2, 0) is 4.79 Å². The fourth-order valence-corrected chi connectivity index (χ4v) is 3.73. The Morgan fingerprint density at radius 1 is 0.895 bits per heavy atom. The van der Waals surface area contributed by atoms with E-state index in [4.69, 9.17) is 0 Å². The molecule has 2 rings (SSSR count). The summed E-state index contributed by atoms with van der Waals surface area (Å²) >= 11 is 0. The van der Waals surface area contributed by atoms with Gasteiger partial charge in [0.2, 0.25) is 5.91 Å². The summed E-state index contributed by atoms with van der Waals surface area (Å²) in [6, 6.07) is 0.400. The van der Waals surface area contributed by atoms with Crippen molar-refractivity contribution in [3.8, 4) is 0 Å². The number of amides is 1. The molecule has 2 saturated carbocycles. The lowest BCUT2D eigenvalue weighted by atomic mass is 9.91. The molecule has 0 aliphatic heterocycles. The Labute approximate surface area is 117 Å². The first-order valence-electron chi connectivity index (χ1n) is 8.24. The number of aliphatic hydroxyl groups is 1. The van der Waals surface area contributed by atoms with Gasteiger partial charge in [0.25, 0.3) is 0 Å². The van der Waals surface area contributed by atoms with E-state index in [2.05, 4.69) is 0 Å². The lowest BCUT2D eigenvalue weighted by Crippen LogP contribution is -2.45. The van der Waals surface area contributed by atoms with E-state index in [0.717, 1.165) is 25.7 Å². The summed E-state index contributed by atoms with van der Waals surface area (Å²) in [6.07, 6.45) is 13.2. The zero-order valence-electron chi connectivity index (χ0n) is 12.1. The predicted octanol–water partition coefficient (Wildman–Crippen LogP) is 3.11. The van der Waals surface area contributed by atoms with Crippen LogP contribution >= 0.6 is 0 Å². The van der Waals surface area contributed by atoms with Gasteiger partial charge in [0.15, 0.2) is 0 Å². The first-order valence-corrected chi connectivity index (χ1v) is 8.24. The van der Waals surface area contributed by atoms with Crippen LogP contribution in [0.2, 0.25) is 0 Å². The third-order valence-corrected chi connectivity index (χ3v) is 4.84. The van der Waals surface area contributed by atoms with Crippen molar-refractivity contribution in [2.45, 2.75) is 76.7 Å².